The lowest BCUT2D eigenvalue weighted by Gasteiger charge is -2.24. The molecule has 1 atom stereocenters. The van der Waals surface area contributed by atoms with E-state index in [0.29, 0.717) is 10.6 Å². The predicted molar refractivity (Wildman–Crippen MR) is 113 cm³/mol. The smallest absolute Gasteiger partial charge is 0.296 e. The largest absolute Gasteiger partial charge is 0.450 e. The first-order valence-corrected chi connectivity index (χ1v) is 9.68. The Bertz CT molecular complexity index is 1490. The standard InChI is InChI=1S/C22H11ClFN3O5/c23-12-4-7-17(25-10-12)26-19(11-2-1-3-14(8-11)27(30)31)18-20(28)15-9-13(24)5-6-16(15)32-21(18)22(26)29/h1-10,19H/t19-/m0/s1. The van der Waals surface area contributed by atoms with Crippen LogP contribution >= 0.6 is 11.6 Å². The predicted octanol–water partition coefficient (Wildman–Crippen LogP) is 4.64. The zero-order valence-electron chi connectivity index (χ0n) is 16.0. The Hall–Kier alpha value is -4.11. The fraction of sp³-hybridized carbons (Fsp3) is 0.0455. The lowest BCUT2D eigenvalue weighted by molar-refractivity contribution is -0.384. The Morgan fingerprint density at radius 1 is 1.12 bits per heavy atom. The molecule has 2 aromatic carbocycles. The van der Waals surface area contributed by atoms with Gasteiger partial charge in [0.25, 0.3) is 11.6 Å². The Morgan fingerprint density at radius 2 is 1.94 bits per heavy atom. The van der Waals surface area contributed by atoms with Crippen LogP contribution < -0.4 is 10.3 Å². The van der Waals surface area contributed by atoms with Crippen molar-refractivity contribution in [2.24, 2.45) is 0 Å². The van der Waals surface area contributed by atoms with E-state index in [1.165, 1.54) is 47.5 Å². The van der Waals surface area contributed by atoms with E-state index in [2.05, 4.69) is 4.98 Å². The van der Waals surface area contributed by atoms with Crippen molar-refractivity contribution in [2.45, 2.75) is 6.04 Å². The number of benzene rings is 2. The molecule has 0 radical (unpaired) electrons. The number of carbonyl (C=O) groups is 1. The highest BCUT2D eigenvalue weighted by Gasteiger charge is 2.44. The van der Waals surface area contributed by atoms with Gasteiger partial charge >= 0.3 is 0 Å². The van der Waals surface area contributed by atoms with Crippen LogP contribution in [-0.2, 0) is 0 Å². The van der Waals surface area contributed by atoms with Gasteiger partial charge in [-0.15, -0.1) is 0 Å². The van der Waals surface area contributed by atoms with Gasteiger partial charge in [-0.2, -0.15) is 0 Å². The monoisotopic (exact) mass is 451 g/mol. The molecule has 8 nitrogen and oxygen atoms in total. The van der Waals surface area contributed by atoms with Crippen molar-refractivity contribution < 1.29 is 18.5 Å². The molecule has 0 N–H and O–H groups in total. The molecule has 10 heteroatoms. The van der Waals surface area contributed by atoms with Gasteiger partial charge in [-0.1, -0.05) is 23.7 Å². The normalized spacial score (nSPS) is 15.2. The molecule has 158 valence electrons. The van der Waals surface area contributed by atoms with E-state index in [0.717, 1.165) is 12.1 Å². The fourth-order valence-corrected chi connectivity index (χ4v) is 3.93. The highest BCUT2D eigenvalue weighted by atomic mass is 35.5. The Morgan fingerprint density at radius 3 is 2.66 bits per heavy atom. The molecule has 0 saturated heterocycles. The van der Waals surface area contributed by atoms with Crippen molar-refractivity contribution in [3.8, 4) is 0 Å². The van der Waals surface area contributed by atoms with Crippen molar-refractivity contribution in [1.29, 1.82) is 0 Å². The molecule has 0 aliphatic carbocycles. The van der Waals surface area contributed by atoms with E-state index in [-0.39, 0.29) is 33.8 Å². The summed E-state index contributed by atoms with van der Waals surface area (Å²) in [4.78, 5) is 42.9. The van der Waals surface area contributed by atoms with Crippen LogP contribution in [0, 0.1) is 15.9 Å². The van der Waals surface area contributed by atoms with Crippen molar-refractivity contribution >= 4 is 40.0 Å². The fourth-order valence-electron chi connectivity index (χ4n) is 3.82. The van der Waals surface area contributed by atoms with Gasteiger partial charge in [-0.3, -0.25) is 24.6 Å². The first-order chi connectivity index (χ1) is 15.3. The highest BCUT2D eigenvalue weighted by molar-refractivity contribution is 6.30. The number of hydrogen-bond donors (Lipinski definition) is 0. The van der Waals surface area contributed by atoms with Crippen molar-refractivity contribution in [1.82, 2.24) is 4.98 Å². The van der Waals surface area contributed by atoms with Gasteiger partial charge in [0.2, 0.25) is 5.76 Å². The van der Waals surface area contributed by atoms with Crippen molar-refractivity contribution in [3.63, 3.8) is 0 Å². The first-order valence-electron chi connectivity index (χ1n) is 9.31. The van der Waals surface area contributed by atoms with Crippen LogP contribution in [0.3, 0.4) is 0 Å². The topological polar surface area (TPSA) is 107 Å². The second-order valence-electron chi connectivity index (χ2n) is 7.08. The van der Waals surface area contributed by atoms with Crippen LogP contribution in [0.5, 0.6) is 0 Å². The molecule has 0 spiro atoms. The van der Waals surface area contributed by atoms with Crippen LogP contribution in [0.15, 0.2) is 70.0 Å². The van der Waals surface area contributed by atoms with Gasteiger partial charge in [-0.25, -0.2) is 9.37 Å². The molecule has 1 aliphatic rings. The number of anilines is 1. The van der Waals surface area contributed by atoms with E-state index in [1.54, 1.807) is 6.07 Å². The maximum atomic E-state index is 13.8. The van der Waals surface area contributed by atoms with Gasteiger partial charge in [0, 0.05) is 18.3 Å². The number of pyridine rings is 1. The molecule has 32 heavy (non-hydrogen) atoms. The summed E-state index contributed by atoms with van der Waals surface area (Å²) < 4.78 is 19.5. The minimum absolute atomic E-state index is 0.0436. The van der Waals surface area contributed by atoms with Crippen LogP contribution in [0.1, 0.15) is 27.7 Å². The average Bonchev–Trinajstić information content (AvgIpc) is 3.07. The maximum Gasteiger partial charge on any atom is 0.296 e. The number of fused-ring (bicyclic) bond motifs is 2. The maximum absolute atomic E-state index is 13.8. The highest BCUT2D eigenvalue weighted by Crippen LogP contribution is 2.41. The van der Waals surface area contributed by atoms with Crippen molar-refractivity contribution in [2.75, 3.05) is 4.90 Å². The zero-order chi connectivity index (χ0) is 22.6. The summed E-state index contributed by atoms with van der Waals surface area (Å²) in [5.41, 5.74) is -0.533. The lowest BCUT2D eigenvalue weighted by Crippen LogP contribution is -2.30. The summed E-state index contributed by atoms with van der Waals surface area (Å²) in [5.74, 6) is -1.37. The third kappa shape index (κ3) is 3.02. The molecule has 1 aliphatic heterocycles. The minimum Gasteiger partial charge on any atom is -0.450 e. The molecule has 3 heterocycles. The molecule has 0 bridgehead atoms. The number of nitro benzene ring substituents is 1. The quantitative estimate of drug-likeness (QED) is 0.332. The molecular weight excluding hydrogens is 441 g/mol. The zero-order valence-corrected chi connectivity index (χ0v) is 16.7. The molecule has 2 aromatic heterocycles. The Balaban J connectivity index is 1.82. The van der Waals surface area contributed by atoms with E-state index < -0.39 is 28.1 Å². The third-order valence-electron chi connectivity index (χ3n) is 5.19. The lowest BCUT2D eigenvalue weighted by atomic mass is 9.98. The Kier molecular flexibility index (Phi) is 4.49. The summed E-state index contributed by atoms with van der Waals surface area (Å²) in [5, 5.41) is 11.6. The van der Waals surface area contributed by atoms with Crippen molar-refractivity contribution in [3.05, 3.63) is 109 Å². The van der Waals surface area contributed by atoms with Gasteiger partial charge < -0.3 is 4.42 Å². The SMILES string of the molecule is O=C1c2oc3ccc(F)cc3c(=O)c2[C@H](c2cccc([N+](=O)[O-])c2)N1c1ccc(Cl)cn1. The van der Waals surface area contributed by atoms with E-state index in [9.17, 15) is 24.1 Å². The molecule has 4 aromatic rings. The summed E-state index contributed by atoms with van der Waals surface area (Å²) in [6.45, 7) is 0. The number of rotatable bonds is 3. The van der Waals surface area contributed by atoms with Crippen LogP contribution in [0.4, 0.5) is 15.9 Å². The number of carbonyl (C=O) groups excluding carboxylic acids is 1. The summed E-state index contributed by atoms with van der Waals surface area (Å²) >= 11 is 5.92. The number of non-ortho nitro benzene ring substituents is 1. The van der Waals surface area contributed by atoms with Crippen LogP contribution in [0.2, 0.25) is 5.02 Å². The minimum atomic E-state index is -1.07. The first kappa shape index (κ1) is 19.8. The van der Waals surface area contributed by atoms with E-state index in [1.807, 2.05) is 0 Å². The average molecular weight is 452 g/mol. The van der Waals surface area contributed by atoms with Gasteiger partial charge in [0.15, 0.2) is 5.43 Å². The number of amides is 1. The molecule has 0 saturated carbocycles. The van der Waals surface area contributed by atoms with Gasteiger partial charge in [-0.05, 0) is 35.9 Å². The molecule has 1 amide bonds. The van der Waals surface area contributed by atoms with Gasteiger partial charge in [0.05, 0.1) is 26.9 Å². The molecular formula is C22H11ClFN3O5. The number of nitro groups is 1. The molecule has 5 rings (SSSR count). The molecule has 0 fully saturated rings. The summed E-state index contributed by atoms with van der Waals surface area (Å²) in [6.07, 6.45) is 1.33. The second kappa shape index (κ2) is 7.24. The van der Waals surface area contributed by atoms with Crippen LogP contribution in [0.25, 0.3) is 11.0 Å². The third-order valence-corrected chi connectivity index (χ3v) is 5.41. The van der Waals surface area contributed by atoms with E-state index >= 15 is 0 Å². The number of aromatic nitrogens is 1. The number of halogens is 2. The summed E-state index contributed by atoms with van der Waals surface area (Å²) in [7, 11) is 0. The number of hydrogen-bond acceptors (Lipinski definition) is 6. The Labute approximate surface area is 183 Å². The second-order valence-corrected chi connectivity index (χ2v) is 7.52. The number of nitrogens with zero attached hydrogens (tertiary/aromatic N) is 3. The van der Waals surface area contributed by atoms with E-state index in [4.69, 9.17) is 16.0 Å². The van der Waals surface area contributed by atoms with Crippen LogP contribution in [-0.4, -0.2) is 15.8 Å². The molecule has 0 unspecified atom stereocenters. The van der Waals surface area contributed by atoms with Gasteiger partial charge in [0.1, 0.15) is 17.2 Å². The summed E-state index contributed by atoms with van der Waals surface area (Å²) in [6, 6.07) is 10.9.